The maximum Gasteiger partial charge on any atom is 0.225 e. The average molecular weight is 310 g/mol. The van der Waals surface area contributed by atoms with Crippen molar-refractivity contribution in [3.8, 4) is 0 Å². The molecule has 118 valence electrons. The smallest absolute Gasteiger partial charge is 0.225 e. The van der Waals surface area contributed by atoms with Gasteiger partial charge in [0.15, 0.2) is 5.13 Å². The number of nitrogens with zero attached hydrogens (tertiary/aromatic N) is 3. The Labute approximate surface area is 131 Å². The van der Waals surface area contributed by atoms with E-state index in [1.165, 1.54) is 37.3 Å². The SMILES string of the molecule is CCN(C(C)=O)c1nc(CNCC(C)N2CCCC2)cs1. The van der Waals surface area contributed by atoms with Crippen LogP contribution in [-0.2, 0) is 11.3 Å². The number of carbonyl (C=O) groups is 1. The van der Waals surface area contributed by atoms with Crippen molar-refractivity contribution in [2.45, 2.75) is 46.2 Å². The quantitative estimate of drug-likeness (QED) is 0.838. The summed E-state index contributed by atoms with van der Waals surface area (Å²) in [4.78, 5) is 20.3. The lowest BCUT2D eigenvalue weighted by Crippen LogP contribution is -2.38. The molecule has 0 saturated carbocycles. The Hall–Kier alpha value is -0.980. The van der Waals surface area contributed by atoms with Crippen molar-refractivity contribution in [1.82, 2.24) is 15.2 Å². The van der Waals surface area contributed by atoms with Crippen LogP contribution in [-0.4, -0.2) is 48.0 Å². The highest BCUT2D eigenvalue weighted by Crippen LogP contribution is 2.20. The summed E-state index contributed by atoms with van der Waals surface area (Å²) in [6.07, 6.45) is 2.66. The highest BCUT2D eigenvalue weighted by atomic mass is 32.1. The molecule has 1 aliphatic rings. The molecular weight excluding hydrogens is 284 g/mol. The van der Waals surface area contributed by atoms with Gasteiger partial charge in [0, 0.05) is 38.0 Å². The molecule has 0 spiro atoms. The van der Waals surface area contributed by atoms with Crippen LogP contribution >= 0.6 is 11.3 Å². The molecule has 0 aromatic carbocycles. The van der Waals surface area contributed by atoms with E-state index in [9.17, 15) is 4.79 Å². The highest BCUT2D eigenvalue weighted by molar-refractivity contribution is 7.14. The van der Waals surface area contributed by atoms with Crippen LogP contribution in [0.15, 0.2) is 5.38 Å². The van der Waals surface area contributed by atoms with Crippen molar-refractivity contribution < 1.29 is 4.79 Å². The van der Waals surface area contributed by atoms with Crippen LogP contribution in [0, 0.1) is 0 Å². The molecule has 5 nitrogen and oxygen atoms in total. The topological polar surface area (TPSA) is 48.5 Å². The van der Waals surface area contributed by atoms with Gasteiger partial charge in [-0.05, 0) is 39.8 Å². The minimum atomic E-state index is 0.0500. The van der Waals surface area contributed by atoms with Gasteiger partial charge in [-0.15, -0.1) is 11.3 Å². The monoisotopic (exact) mass is 310 g/mol. The number of amides is 1. The normalized spacial score (nSPS) is 17.1. The largest absolute Gasteiger partial charge is 0.310 e. The Kier molecular flexibility index (Phi) is 6.14. The van der Waals surface area contributed by atoms with E-state index >= 15 is 0 Å². The van der Waals surface area contributed by atoms with Crippen LogP contribution in [0.1, 0.15) is 39.3 Å². The van der Waals surface area contributed by atoms with Crippen LogP contribution in [0.25, 0.3) is 0 Å². The zero-order valence-corrected chi connectivity index (χ0v) is 14.1. The van der Waals surface area contributed by atoms with Crippen LogP contribution in [0.5, 0.6) is 0 Å². The van der Waals surface area contributed by atoms with Crippen molar-refractivity contribution in [1.29, 1.82) is 0 Å². The first-order valence-corrected chi connectivity index (χ1v) is 8.67. The average Bonchev–Trinajstić information content (AvgIpc) is 3.10. The van der Waals surface area contributed by atoms with Crippen molar-refractivity contribution >= 4 is 22.4 Å². The fourth-order valence-corrected chi connectivity index (χ4v) is 3.65. The molecule has 1 fully saturated rings. The van der Waals surface area contributed by atoms with Gasteiger partial charge in [0.25, 0.3) is 0 Å². The Morgan fingerprint density at radius 1 is 1.52 bits per heavy atom. The van der Waals surface area contributed by atoms with Gasteiger partial charge in [0.05, 0.1) is 5.69 Å². The lowest BCUT2D eigenvalue weighted by atomic mass is 10.3. The van der Waals surface area contributed by atoms with Gasteiger partial charge in [-0.2, -0.15) is 0 Å². The first kappa shape index (κ1) is 16.4. The third-order valence-electron chi connectivity index (χ3n) is 3.98. The number of hydrogen-bond donors (Lipinski definition) is 1. The number of nitrogens with one attached hydrogen (secondary N) is 1. The summed E-state index contributed by atoms with van der Waals surface area (Å²) < 4.78 is 0. The summed E-state index contributed by atoms with van der Waals surface area (Å²) in [5, 5.41) is 6.31. The maximum absolute atomic E-state index is 11.5. The second-order valence-corrected chi connectivity index (χ2v) is 6.44. The Morgan fingerprint density at radius 3 is 2.86 bits per heavy atom. The number of carbonyl (C=O) groups excluding carboxylic acids is 1. The molecule has 2 rings (SSSR count). The summed E-state index contributed by atoms with van der Waals surface area (Å²) in [5.41, 5.74) is 1.02. The standard InChI is InChI=1S/C15H26N4OS/c1-4-19(13(3)20)15-17-14(11-21-15)10-16-9-12(2)18-7-5-6-8-18/h11-12,16H,4-10H2,1-3H3. The Morgan fingerprint density at radius 2 is 2.24 bits per heavy atom. The number of rotatable bonds is 7. The lowest BCUT2D eigenvalue weighted by Gasteiger charge is -2.23. The zero-order valence-electron chi connectivity index (χ0n) is 13.3. The van der Waals surface area contributed by atoms with Gasteiger partial charge < -0.3 is 5.32 Å². The van der Waals surface area contributed by atoms with Crippen molar-refractivity contribution in [2.75, 3.05) is 31.1 Å². The van der Waals surface area contributed by atoms with Crippen LogP contribution in [0.4, 0.5) is 5.13 Å². The second kappa shape index (κ2) is 7.87. The molecule has 1 amide bonds. The summed E-state index contributed by atoms with van der Waals surface area (Å²) in [7, 11) is 0. The van der Waals surface area contributed by atoms with Crippen LogP contribution in [0.2, 0.25) is 0 Å². The third kappa shape index (κ3) is 4.49. The van der Waals surface area contributed by atoms with Gasteiger partial charge in [-0.1, -0.05) is 0 Å². The van der Waals surface area contributed by atoms with Gasteiger partial charge in [-0.25, -0.2) is 4.98 Å². The van der Waals surface area contributed by atoms with Gasteiger partial charge in [-0.3, -0.25) is 14.6 Å². The van der Waals surface area contributed by atoms with Gasteiger partial charge in [0.1, 0.15) is 0 Å². The van der Waals surface area contributed by atoms with E-state index in [4.69, 9.17) is 0 Å². The molecular formula is C15H26N4OS. The number of likely N-dealkylation sites (tertiary alicyclic amines) is 1. The van der Waals surface area contributed by atoms with Crippen LogP contribution in [0.3, 0.4) is 0 Å². The highest BCUT2D eigenvalue weighted by Gasteiger charge is 2.18. The van der Waals surface area contributed by atoms with E-state index in [-0.39, 0.29) is 5.91 Å². The van der Waals surface area contributed by atoms with Crippen molar-refractivity contribution in [3.05, 3.63) is 11.1 Å². The molecule has 1 aromatic heterocycles. The van der Waals surface area contributed by atoms with E-state index < -0.39 is 0 Å². The van der Waals surface area contributed by atoms with Gasteiger partial charge in [0.2, 0.25) is 5.91 Å². The fourth-order valence-electron chi connectivity index (χ4n) is 2.71. The van der Waals surface area contributed by atoms with Crippen molar-refractivity contribution in [2.24, 2.45) is 0 Å². The molecule has 1 unspecified atom stereocenters. The minimum Gasteiger partial charge on any atom is -0.310 e. The molecule has 1 aromatic rings. The molecule has 1 N–H and O–H groups in total. The van der Waals surface area contributed by atoms with E-state index in [1.807, 2.05) is 12.3 Å². The van der Waals surface area contributed by atoms with Crippen LogP contribution < -0.4 is 10.2 Å². The number of aromatic nitrogens is 1. The van der Waals surface area contributed by atoms with Gasteiger partial charge >= 0.3 is 0 Å². The molecule has 2 heterocycles. The number of thiazole rings is 1. The predicted molar refractivity (Wildman–Crippen MR) is 87.8 cm³/mol. The van der Waals surface area contributed by atoms with E-state index in [2.05, 4.69) is 22.1 Å². The molecule has 1 atom stereocenters. The number of hydrogen-bond acceptors (Lipinski definition) is 5. The molecule has 0 bridgehead atoms. The summed E-state index contributed by atoms with van der Waals surface area (Å²) in [6.45, 7) is 10.7. The summed E-state index contributed by atoms with van der Waals surface area (Å²) in [6, 6.07) is 0.579. The Balaban J connectivity index is 1.78. The summed E-state index contributed by atoms with van der Waals surface area (Å²) >= 11 is 1.54. The maximum atomic E-state index is 11.5. The van der Waals surface area contributed by atoms with Crippen molar-refractivity contribution in [3.63, 3.8) is 0 Å². The first-order chi connectivity index (χ1) is 10.1. The lowest BCUT2D eigenvalue weighted by molar-refractivity contribution is -0.116. The molecule has 1 saturated heterocycles. The minimum absolute atomic E-state index is 0.0500. The van der Waals surface area contributed by atoms with E-state index in [0.29, 0.717) is 12.6 Å². The number of anilines is 1. The zero-order chi connectivity index (χ0) is 15.2. The summed E-state index contributed by atoms with van der Waals surface area (Å²) in [5.74, 6) is 0.0500. The van der Waals surface area contributed by atoms with E-state index in [0.717, 1.165) is 23.9 Å². The predicted octanol–water partition coefficient (Wildman–Crippen LogP) is 2.09. The molecule has 6 heteroatoms. The molecule has 0 aliphatic carbocycles. The second-order valence-electron chi connectivity index (χ2n) is 5.61. The third-order valence-corrected chi connectivity index (χ3v) is 4.89. The first-order valence-electron chi connectivity index (χ1n) is 7.79. The molecule has 21 heavy (non-hydrogen) atoms. The molecule has 0 radical (unpaired) electrons. The molecule has 1 aliphatic heterocycles. The van der Waals surface area contributed by atoms with E-state index in [1.54, 1.807) is 11.8 Å². The fraction of sp³-hybridized carbons (Fsp3) is 0.733. The Bertz CT molecular complexity index is 456.